The van der Waals surface area contributed by atoms with Crippen LogP contribution in [0.1, 0.15) is 5.56 Å². The van der Waals surface area contributed by atoms with E-state index in [1.165, 1.54) is 17.4 Å². The smallest absolute Gasteiger partial charge is 0.391 e. The van der Waals surface area contributed by atoms with E-state index in [1.807, 2.05) is 31.6 Å². The van der Waals surface area contributed by atoms with E-state index in [1.54, 1.807) is 23.1 Å². The number of likely N-dealkylation sites (N-methyl/N-ethyl adjacent to an activating group) is 1. The Hall–Kier alpha value is -2.17. The molecule has 0 spiro atoms. The van der Waals surface area contributed by atoms with Crippen LogP contribution in [-0.2, 0) is 10.9 Å². The average molecular weight is 515 g/mol. The number of anilines is 2. The Morgan fingerprint density at radius 3 is 2.56 bits per heavy atom. The Bertz CT molecular complexity index is 1080. The van der Waals surface area contributed by atoms with Gasteiger partial charge < -0.3 is 19.2 Å². The van der Waals surface area contributed by atoms with Crippen LogP contribution in [0.4, 0.5) is 24.0 Å². The number of hydrogen-bond acceptors (Lipinski definition) is 5. The first kappa shape index (κ1) is 26.4. The highest BCUT2D eigenvalue weighted by Crippen LogP contribution is 2.36. The lowest BCUT2D eigenvalue weighted by Gasteiger charge is -2.29. The summed E-state index contributed by atoms with van der Waals surface area (Å²) in [5.41, 5.74) is 1.20. The van der Waals surface area contributed by atoms with Crippen LogP contribution in [0.5, 0.6) is 0 Å². The average Bonchev–Trinajstić information content (AvgIpc) is 3.25. The SMILES string of the molecule is C[N+](C)(CCO)CCOCCN(c1cccc(C(F)(F)F)c1)c1nc(-c2cccc(Cl)c2)cs1. The molecule has 1 aromatic heterocycles. The van der Waals surface area contributed by atoms with E-state index in [0.717, 1.165) is 17.7 Å². The van der Waals surface area contributed by atoms with E-state index >= 15 is 0 Å². The van der Waals surface area contributed by atoms with Crippen molar-refractivity contribution in [3.63, 3.8) is 0 Å². The van der Waals surface area contributed by atoms with E-state index in [2.05, 4.69) is 4.98 Å². The van der Waals surface area contributed by atoms with Crippen LogP contribution in [0, 0.1) is 0 Å². The third kappa shape index (κ3) is 7.41. The van der Waals surface area contributed by atoms with Gasteiger partial charge >= 0.3 is 6.18 Å². The molecule has 0 atom stereocenters. The fraction of sp³-hybridized carbons (Fsp3) is 0.375. The van der Waals surface area contributed by atoms with Crippen molar-refractivity contribution in [2.45, 2.75) is 6.18 Å². The largest absolute Gasteiger partial charge is 0.416 e. The van der Waals surface area contributed by atoms with Gasteiger partial charge in [-0.05, 0) is 30.3 Å². The molecule has 1 N–H and O–H groups in total. The molecule has 0 saturated carbocycles. The van der Waals surface area contributed by atoms with Gasteiger partial charge in [0.05, 0.1) is 45.2 Å². The molecular weight excluding hydrogens is 487 g/mol. The van der Waals surface area contributed by atoms with Crippen LogP contribution < -0.4 is 4.90 Å². The number of thiazole rings is 1. The molecule has 0 saturated heterocycles. The maximum Gasteiger partial charge on any atom is 0.416 e. The molecule has 0 radical (unpaired) electrons. The summed E-state index contributed by atoms with van der Waals surface area (Å²) in [4.78, 5) is 6.41. The molecule has 0 fully saturated rings. The Kier molecular flexibility index (Phi) is 8.95. The van der Waals surface area contributed by atoms with Crippen LogP contribution in [0.25, 0.3) is 11.3 Å². The summed E-state index contributed by atoms with van der Waals surface area (Å²) in [5.74, 6) is 0. The van der Waals surface area contributed by atoms with Gasteiger partial charge in [0.15, 0.2) is 5.13 Å². The van der Waals surface area contributed by atoms with Gasteiger partial charge in [0.1, 0.15) is 13.1 Å². The quantitative estimate of drug-likeness (QED) is 0.263. The molecular formula is C24H28ClF3N3O2S+. The molecule has 0 unspecified atom stereocenters. The maximum atomic E-state index is 13.3. The molecule has 0 amide bonds. The third-order valence-electron chi connectivity index (χ3n) is 5.33. The summed E-state index contributed by atoms with van der Waals surface area (Å²) in [6, 6.07) is 12.5. The van der Waals surface area contributed by atoms with Crippen LogP contribution in [0.15, 0.2) is 53.9 Å². The Balaban J connectivity index is 1.79. The van der Waals surface area contributed by atoms with Crippen LogP contribution in [0.3, 0.4) is 0 Å². The number of aromatic nitrogens is 1. The van der Waals surface area contributed by atoms with E-state index in [-0.39, 0.29) is 6.61 Å². The number of alkyl halides is 3. The summed E-state index contributed by atoms with van der Waals surface area (Å²) >= 11 is 7.44. The Labute approximate surface area is 206 Å². The summed E-state index contributed by atoms with van der Waals surface area (Å²) in [7, 11) is 4.00. The van der Waals surface area contributed by atoms with Gasteiger partial charge in [0.2, 0.25) is 0 Å². The molecule has 184 valence electrons. The molecule has 34 heavy (non-hydrogen) atoms. The lowest BCUT2D eigenvalue weighted by atomic mass is 10.2. The minimum Gasteiger partial charge on any atom is -0.391 e. The zero-order valence-electron chi connectivity index (χ0n) is 19.1. The summed E-state index contributed by atoms with van der Waals surface area (Å²) in [5, 5.41) is 12.2. The maximum absolute atomic E-state index is 13.3. The van der Waals surface area contributed by atoms with Gasteiger partial charge in [0, 0.05) is 28.2 Å². The number of nitrogens with zero attached hydrogens (tertiary/aromatic N) is 3. The number of ether oxygens (including phenoxy) is 1. The molecule has 0 aliphatic heterocycles. The molecule has 2 aromatic carbocycles. The molecule has 3 rings (SSSR count). The number of aliphatic hydroxyl groups is 1. The topological polar surface area (TPSA) is 45.6 Å². The molecule has 0 bridgehead atoms. The molecule has 1 heterocycles. The highest BCUT2D eigenvalue weighted by atomic mass is 35.5. The predicted octanol–water partition coefficient (Wildman–Crippen LogP) is 5.71. The highest BCUT2D eigenvalue weighted by Gasteiger charge is 2.31. The second-order valence-corrected chi connectivity index (χ2v) is 9.72. The highest BCUT2D eigenvalue weighted by molar-refractivity contribution is 7.14. The van der Waals surface area contributed by atoms with Crippen LogP contribution in [-0.4, -0.2) is 68.1 Å². The molecule has 5 nitrogen and oxygen atoms in total. The number of quaternary nitrogens is 1. The lowest BCUT2D eigenvalue weighted by molar-refractivity contribution is -0.891. The van der Waals surface area contributed by atoms with Gasteiger partial charge in [-0.15, -0.1) is 11.3 Å². The van der Waals surface area contributed by atoms with Gasteiger partial charge in [-0.25, -0.2) is 4.98 Å². The predicted molar refractivity (Wildman–Crippen MR) is 131 cm³/mol. The Morgan fingerprint density at radius 1 is 1.09 bits per heavy atom. The monoisotopic (exact) mass is 514 g/mol. The number of benzene rings is 2. The van der Waals surface area contributed by atoms with Gasteiger partial charge in [-0.1, -0.05) is 29.8 Å². The van der Waals surface area contributed by atoms with E-state index in [0.29, 0.717) is 58.9 Å². The number of halogens is 4. The van der Waals surface area contributed by atoms with Crippen molar-refractivity contribution in [1.29, 1.82) is 0 Å². The first-order chi connectivity index (χ1) is 16.1. The fourth-order valence-electron chi connectivity index (χ4n) is 3.31. The van der Waals surface area contributed by atoms with E-state index in [9.17, 15) is 13.2 Å². The molecule has 3 aromatic rings. The van der Waals surface area contributed by atoms with Crippen LogP contribution in [0.2, 0.25) is 5.02 Å². The summed E-state index contributed by atoms with van der Waals surface area (Å²) in [6.45, 7) is 2.52. The summed E-state index contributed by atoms with van der Waals surface area (Å²) < 4.78 is 46.4. The van der Waals surface area contributed by atoms with Gasteiger partial charge in [0.25, 0.3) is 0 Å². The third-order valence-corrected chi connectivity index (χ3v) is 6.43. The van der Waals surface area contributed by atoms with Crippen molar-refractivity contribution in [1.82, 2.24) is 4.98 Å². The van der Waals surface area contributed by atoms with Gasteiger partial charge in [-0.3, -0.25) is 0 Å². The van der Waals surface area contributed by atoms with E-state index < -0.39 is 11.7 Å². The van der Waals surface area contributed by atoms with Crippen LogP contribution >= 0.6 is 22.9 Å². The van der Waals surface area contributed by atoms with E-state index in [4.69, 9.17) is 21.4 Å². The van der Waals surface area contributed by atoms with Crippen molar-refractivity contribution in [3.8, 4) is 11.3 Å². The molecule has 0 aliphatic carbocycles. The minimum absolute atomic E-state index is 0.0926. The van der Waals surface area contributed by atoms with Crippen molar-refractivity contribution < 1.29 is 27.5 Å². The second-order valence-electron chi connectivity index (χ2n) is 8.44. The zero-order valence-corrected chi connectivity index (χ0v) is 20.6. The summed E-state index contributed by atoms with van der Waals surface area (Å²) in [6.07, 6.45) is -4.44. The number of hydrogen-bond donors (Lipinski definition) is 1. The normalized spacial score (nSPS) is 12.2. The van der Waals surface area contributed by atoms with Gasteiger partial charge in [-0.2, -0.15) is 13.2 Å². The minimum atomic E-state index is -4.44. The van der Waals surface area contributed by atoms with Crippen molar-refractivity contribution >= 4 is 33.8 Å². The van der Waals surface area contributed by atoms with Crippen molar-refractivity contribution in [2.75, 3.05) is 58.5 Å². The Morgan fingerprint density at radius 2 is 1.85 bits per heavy atom. The lowest BCUT2D eigenvalue weighted by Crippen LogP contribution is -2.44. The second kappa shape index (κ2) is 11.5. The fourth-order valence-corrected chi connectivity index (χ4v) is 4.38. The number of rotatable bonds is 11. The number of aliphatic hydroxyl groups excluding tert-OH is 1. The zero-order chi connectivity index (χ0) is 24.8. The van der Waals surface area contributed by atoms with Crippen molar-refractivity contribution in [2.24, 2.45) is 0 Å². The first-order valence-electron chi connectivity index (χ1n) is 10.8. The first-order valence-corrected chi connectivity index (χ1v) is 12.0. The van der Waals surface area contributed by atoms with Crippen molar-refractivity contribution in [3.05, 3.63) is 64.5 Å². The standard InChI is InChI=1S/C24H28ClF3N3O2S/c1-31(2,10-12-32)11-14-33-13-9-30(21-8-4-6-19(16-21)24(26,27)28)23-29-22(17-34-23)18-5-3-7-20(25)15-18/h3-8,15-17,32H,9-14H2,1-2H3/q+1. The molecule has 10 heteroatoms. The molecule has 0 aliphatic rings.